The van der Waals surface area contributed by atoms with Gasteiger partial charge in [0.25, 0.3) is 5.91 Å². The second-order valence-corrected chi connectivity index (χ2v) is 5.04. The number of hydrogen-bond donors (Lipinski definition) is 2. The third-order valence-electron chi connectivity index (χ3n) is 2.38. The Hall–Kier alpha value is -1.59. The number of aromatic hydroxyl groups is 1. The molecule has 0 aliphatic rings. The van der Waals surface area contributed by atoms with Gasteiger partial charge in [0.2, 0.25) is 0 Å². The molecule has 0 heterocycles. The first-order chi connectivity index (χ1) is 8.97. The molecular formula is C13H8BrClFNO2. The molecular weight excluding hydrogens is 337 g/mol. The number of anilines is 1. The average Bonchev–Trinajstić information content (AvgIpc) is 2.33. The van der Waals surface area contributed by atoms with Crippen LogP contribution in [-0.2, 0) is 0 Å². The number of carbonyl (C=O) groups is 1. The van der Waals surface area contributed by atoms with E-state index in [1.807, 2.05) is 0 Å². The summed E-state index contributed by atoms with van der Waals surface area (Å²) in [5.74, 6) is -1.15. The molecule has 0 fully saturated rings. The van der Waals surface area contributed by atoms with Crippen LogP contribution in [-0.4, -0.2) is 11.0 Å². The molecule has 0 aliphatic heterocycles. The van der Waals surface area contributed by atoms with E-state index in [1.165, 1.54) is 36.4 Å². The Labute approximate surface area is 122 Å². The minimum atomic E-state index is -0.507. The quantitative estimate of drug-likeness (QED) is 0.858. The zero-order chi connectivity index (χ0) is 14.0. The molecule has 2 N–H and O–H groups in total. The molecule has 0 saturated heterocycles. The fourth-order valence-corrected chi connectivity index (χ4v) is 2.01. The highest BCUT2D eigenvalue weighted by molar-refractivity contribution is 9.10. The second kappa shape index (κ2) is 5.59. The predicted octanol–water partition coefficient (Wildman–Crippen LogP) is 4.20. The molecule has 2 aromatic carbocycles. The van der Waals surface area contributed by atoms with Gasteiger partial charge in [-0.25, -0.2) is 4.39 Å². The number of halogens is 3. The Balaban J connectivity index is 2.23. The zero-order valence-corrected chi connectivity index (χ0v) is 11.8. The topological polar surface area (TPSA) is 49.3 Å². The van der Waals surface area contributed by atoms with E-state index >= 15 is 0 Å². The molecule has 19 heavy (non-hydrogen) atoms. The van der Waals surface area contributed by atoms with E-state index in [1.54, 1.807) is 0 Å². The highest BCUT2D eigenvalue weighted by atomic mass is 79.9. The van der Waals surface area contributed by atoms with Crippen LogP contribution in [0.2, 0.25) is 5.02 Å². The van der Waals surface area contributed by atoms with E-state index in [4.69, 9.17) is 11.6 Å². The molecule has 0 aliphatic carbocycles. The number of phenolic OH excluding ortho intramolecular Hbond substituents is 1. The SMILES string of the molecule is O=C(Nc1ccc(F)c(Br)c1)c1ccc(Cl)cc1O. The molecule has 0 radical (unpaired) electrons. The first-order valence-corrected chi connectivity index (χ1v) is 6.39. The number of carbonyl (C=O) groups excluding carboxylic acids is 1. The van der Waals surface area contributed by atoms with Gasteiger partial charge < -0.3 is 10.4 Å². The second-order valence-electron chi connectivity index (χ2n) is 3.74. The Morgan fingerprint density at radius 3 is 2.63 bits per heavy atom. The third-order valence-corrected chi connectivity index (χ3v) is 3.22. The lowest BCUT2D eigenvalue weighted by atomic mass is 10.2. The van der Waals surface area contributed by atoms with Crippen molar-refractivity contribution in [3.63, 3.8) is 0 Å². The maximum atomic E-state index is 13.1. The van der Waals surface area contributed by atoms with Gasteiger partial charge in [-0.1, -0.05) is 11.6 Å². The van der Waals surface area contributed by atoms with Crippen LogP contribution in [0.5, 0.6) is 5.75 Å². The van der Waals surface area contributed by atoms with Crippen molar-refractivity contribution in [1.29, 1.82) is 0 Å². The van der Waals surface area contributed by atoms with Crippen molar-refractivity contribution in [1.82, 2.24) is 0 Å². The summed E-state index contributed by atoms with van der Waals surface area (Å²) < 4.78 is 13.3. The van der Waals surface area contributed by atoms with E-state index in [0.29, 0.717) is 10.7 Å². The fourth-order valence-electron chi connectivity index (χ4n) is 1.47. The summed E-state index contributed by atoms with van der Waals surface area (Å²) in [4.78, 5) is 11.9. The summed E-state index contributed by atoms with van der Waals surface area (Å²) >= 11 is 8.70. The number of hydrogen-bond acceptors (Lipinski definition) is 2. The Morgan fingerprint density at radius 2 is 2.00 bits per heavy atom. The van der Waals surface area contributed by atoms with Crippen molar-refractivity contribution in [3.8, 4) is 5.75 Å². The lowest BCUT2D eigenvalue weighted by Gasteiger charge is -2.07. The van der Waals surface area contributed by atoms with E-state index in [2.05, 4.69) is 21.2 Å². The summed E-state index contributed by atoms with van der Waals surface area (Å²) in [5, 5.41) is 12.5. The van der Waals surface area contributed by atoms with Gasteiger partial charge in [-0.05, 0) is 52.3 Å². The summed E-state index contributed by atoms with van der Waals surface area (Å²) in [6.07, 6.45) is 0. The normalized spacial score (nSPS) is 10.3. The Kier molecular flexibility index (Phi) is 4.07. The van der Waals surface area contributed by atoms with Crippen molar-refractivity contribution in [3.05, 3.63) is 57.3 Å². The molecule has 0 spiro atoms. The number of phenols is 1. The first-order valence-electron chi connectivity index (χ1n) is 5.22. The smallest absolute Gasteiger partial charge is 0.259 e. The van der Waals surface area contributed by atoms with E-state index in [0.717, 1.165) is 0 Å². The van der Waals surface area contributed by atoms with Gasteiger partial charge in [0, 0.05) is 10.7 Å². The van der Waals surface area contributed by atoms with Gasteiger partial charge in [-0.15, -0.1) is 0 Å². The molecule has 2 aromatic rings. The lowest BCUT2D eigenvalue weighted by Crippen LogP contribution is -2.12. The van der Waals surface area contributed by atoms with Crippen molar-refractivity contribution in [2.75, 3.05) is 5.32 Å². The van der Waals surface area contributed by atoms with Crippen LogP contribution < -0.4 is 5.32 Å². The molecule has 0 atom stereocenters. The van der Waals surface area contributed by atoms with Crippen molar-refractivity contribution in [2.24, 2.45) is 0 Å². The molecule has 98 valence electrons. The van der Waals surface area contributed by atoms with Crippen LogP contribution in [0.15, 0.2) is 40.9 Å². The van der Waals surface area contributed by atoms with E-state index in [-0.39, 0.29) is 15.8 Å². The van der Waals surface area contributed by atoms with Crippen molar-refractivity contribution in [2.45, 2.75) is 0 Å². The van der Waals surface area contributed by atoms with Gasteiger partial charge in [-0.2, -0.15) is 0 Å². The maximum Gasteiger partial charge on any atom is 0.259 e. The molecule has 0 bridgehead atoms. The van der Waals surface area contributed by atoms with E-state index < -0.39 is 11.7 Å². The highest BCUT2D eigenvalue weighted by Crippen LogP contribution is 2.24. The largest absolute Gasteiger partial charge is 0.507 e. The lowest BCUT2D eigenvalue weighted by molar-refractivity contribution is 0.102. The number of nitrogens with one attached hydrogen (secondary N) is 1. The number of benzene rings is 2. The molecule has 0 saturated carbocycles. The molecule has 0 unspecified atom stereocenters. The first kappa shape index (κ1) is 13.8. The predicted molar refractivity (Wildman–Crippen MR) is 75.2 cm³/mol. The monoisotopic (exact) mass is 343 g/mol. The van der Waals surface area contributed by atoms with Crippen LogP contribution in [0, 0.1) is 5.82 Å². The van der Waals surface area contributed by atoms with Crippen molar-refractivity contribution < 1.29 is 14.3 Å². The van der Waals surface area contributed by atoms with Crippen molar-refractivity contribution >= 4 is 39.1 Å². The van der Waals surface area contributed by atoms with E-state index in [9.17, 15) is 14.3 Å². The maximum absolute atomic E-state index is 13.1. The summed E-state index contributed by atoms with van der Waals surface area (Å²) in [6, 6.07) is 8.26. The Bertz CT molecular complexity index is 649. The summed E-state index contributed by atoms with van der Waals surface area (Å²) in [6.45, 7) is 0. The Morgan fingerprint density at radius 1 is 1.26 bits per heavy atom. The van der Waals surface area contributed by atoms with Crippen LogP contribution in [0.4, 0.5) is 10.1 Å². The fraction of sp³-hybridized carbons (Fsp3) is 0. The molecule has 0 aromatic heterocycles. The minimum Gasteiger partial charge on any atom is -0.507 e. The molecule has 2 rings (SSSR count). The minimum absolute atomic E-state index is 0.0878. The average molecular weight is 345 g/mol. The standard InChI is InChI=1S/C13H8BrClFNO2/c14-10-6-8(2-4-11(10)16)17-13(19)9-3-1-7(15)5-12(9)18/h1-6,18H,(H,17,19). The van der Waals surface area contributed by atoms with Crippen LogP contribution in [0.1, 0.15) is 10.4 Å². The highest BCUT2D eigenvalue weighted by Gasteiger charge is 2.12. The molecule has 6 heteroatoms. The third kappa shape index (κ3) is 3.24. The van der Waals surface area contributed by atoms with Gasteiger partial charge in [-0.3, -0.25) is 4.79 Å². The summed E-state index contributed by atoms with van der Waals surface area (Å²) in [7, 11) is 0. The van der Waals surface area contributed by atoms with Gasteiger partial charge in [0.1, 0.15) is 11.6 Å². The molecule has 3 nitrogen and oxygen atoms in total. The van der Waals surface area contributed by atoms with Gasteiger partial charge in [0.15, 0.2) is 0 Å². The zero-order valence-electron chi connectivity index (χ0n) is 9.45. The number of rotatable bonds is 2. The van der Waals surface area contributed by atoms with Crippen LogP contribution >= 0.6 is 27.5 Å². The number of amides is 1. The summed E-state index contributed by atoms with van der Waals surface area (Å²) in [5.41, 5.74) is 0.498. The molecule has 1 amide bonds. The van der Waals surface area contributed by atoms with Gasteiger partial charge in [0.05, 0.1) is 10.0 Å². The van der Waals surface area contributed by atoms with Gasteiger partial charge >= 0.3 is 0 Å². The van der Waals surface area contributed by atoms with Crippen LogP contribution in [0.25, 0.3) is 0 Å². The van der Waals surface area contributed by atoms with Crippen LogP contribution in [0.3, 0.4) is 0 Å².